The molecule has 0 amide bonds. The van der Waals surface area contributed by atoms with Crippen LogP contribution in [-0.2, 0) is 13.0 Å². The maximum absolute atomic E-state index is 11.6. The lowest BCUT2D eigenvalue weighted by molar-refractivity contribution is 0.659. The van der Waals surface area contributed by atoms with Crippen LogP contribution in [0.15, 0.2) is 15.0 Å². The Morgan fingerprint density at radius 1 is 1.35 bits per heavy atom. The second-order valence-electron chi connectivity index (χ2n) is 4.18. The van der Waals surface area contributed by atoms with Crippen LogP contribution >= 0.6 is 11.8 Å². The van der Waals surface area contributed by atoms with E-state index >= 15 is 0 Å². The van der Waals surface area contributed by atoms with Crippen LogP contribution in [0.4, 0.5) is 5.82 Å². The largest absolute Gasteiger partial charge is 0.373 e. The van der Waals surface area contributed by atoms with Crippen molar-refractivity contribution in [3.05, 3.63) is 21.9 Å². The van der Waals surface area contributed by atoms with Crippen molar-refractivity contribution >= 4 is 17.6 Å². The van der Waals surface area contributed by atoms with Crippen LogP contribution in [0, 0.1) is 6.92 Å². The Balaban J connectivity index is 2.44. The first kappa shape index (κ1) is 14.6. The highest BCUT2D eigenvalue weighted by atomic mass is 32.2. The van der Waals surface area contributed by atoms with E-state index in [9.17, 15) is 4.79 Å². The molecule has 0 unspecified atom stereocenters. The minimum Gasteiger partial charge on any atom is -0.373 e. The van der Waals surface area contributed by atoms with Crippen molar-refractivity contribution in [3.8, 4) is 0 Å². The number of H-pyrrole nitrogens is 1. The van der Waals surface area contributed by atoms with E-state index in [0.29, 0.717) is 11.7 Å². The normalized spacial score (nSPS) is 10.8. The van der Waals surface area contributed by atoms with Crippen molar-refractivity contribution < 1.29 is 0 Å². The summed E-state index contributed by atoms with van der Waals surface area (Å²) in [4.78, 5) is 20.5. The summed E-state index contributed by atoms with van der Waals surface area (Å²) in [7, 11) is 1.83. The number of aryl methyl sites for hydroxylation is 1. The Bertz CT molecular complexity index is 662. The minimum atomic E-state index is -0.203. The molecule has 0 atom stereocenters. The van der Waals surface area contributed by atoms with Gasteiger partial charge in [-0.2, -0.15) is 0 Å². The number of rotatable bonds is 5. The topological polar surface area (TPSA) is 88.5 Å². The molecular weight excluding hydrogens is 276 g/mol. The molecule has 2 N–H and O–H groups in total. The quantitative estimate of drug-likeness (QED) is 0.811. The average molecular weight is 294 g/mol. The summed E-state index contributed by atoms with van der Waals surface area (Å²) in [5.41, 5.74) is 0.749. The highest BCUT2D eigenvalue weighted by molar-refractivity contribution is 7.99. The average Bonchev–Trinajstić information content (AvgIpc) is 2.81. The van der Waals surface area contributed by atoms with E-state index in [1.165, 1.54) is 11.8 Å². The molecule has 0 bridgehead atoms. The maximum Gasteiger partial charge on any atom is 0.343 e. The van der Waals surface area contributed by atoms with E-state index < -0.39 is 0 Å². The van der Waals surface area contributed by atoms with Gasteiger partial charge in [-0.25, -0.2) is 19.9 Å². The third kappa shape index (κ3) is 2.69. The molecule has 2 aromatic rings. The first-order valence-corrected chi connectivity index (χ1v) is 7.30. The number of hydrogen-bond acceptors (Lipinski definition) is 6. The SMILES string of the molecule is CCc1nc(NC)c(C)c(Sc2n[nH]c(=O)n2CC)n1. The fraction of sp³-hybridized carbons (Fsp3) is 0.500. The van der Waals surface area contributed by atoms with E-state index in [0.717, 1.165) is 28.7 Å². The molecule has 2 rings (SSSR count). The fourth-order valence-electron chi connectivity index (χ4n) is 1.79. The zero-order valence-corrected chi connectivity index (χ0v) is 12.8. The third-order valence-electron chi connectivity index (χ3n) is 2.93. The molecule has 8 heteroatoms. The molecule has 7 nitrogen and oxygen atoms in total. The van der Waals surface area contributed by atoms with Gasteiger partial charge in [-0.05, 0) is 25.6 Å². The molecule has 2 heterocycles. The maximum atomic E-state index is 11.6. The van der Waals surface area contributed by atoms with Gasteiger partial charge in [0.25, 0.3) is 0 Å². The molecule has 108 valence electrons. The van der Waals surface area contributed by atoms with Gasteiger partial charge in [0.1, 0.15) is 16.7 Å². The van der Waals surface area contributed by atoms with Crippen LogP contribution < -0.4 is 11.0 Å². The summed E-state index contributed by atoms with van der Waals surface area (Å²) in [6, 6.07) is 0. The number of hydrogen-bond donors (Lipinski definition) is 2. The summed E-state index contributed by atoms with van der Waals surface area (Å²) in [6.07, 6.45) is 0.754. The highest BCUT2D eigenvalue weighted by Gasteiger charge is 2.15. The van der Waals surface area contributed by atoms with Crippen molar-refractivity contribution in [2.75, 3.05) is 12.4 Å². The van der Waals surface area contributed by atoms with Crippen molar-refractivity contribution in [3.63, 3.8) is 0 Å². The Hall–Kier alpha value is -1.83. The van der Waals surface area contributed by atoms with E-state index in [1.807, 2.05) is 27.8 Å². The van der Waals surface area contributed by atoms with Gasteiger partial charge < -0.3 is 5.32 Å². The molecule has 0 aromatic carbocycles. The lowest BCUT2D eigenvalue weighted by Gasteiger charge is -2.10. The van der Waals surface area contributed by atoms with Crippen LogP contribution in [0.1, 0.15) is 25.2 Å². The lowest BCUT2D eigenvalue weighted by Crippen LogP contribution is -2.16. The van der Waals surface area contributed by atoms with Gasteiger partial charge in [-0.15, -0.1) is 5.10 Å². The van der Waals surface area contributed by atoms with Crippen molar-refractivity contribution in [1.29, 1.82) is 0 Å². The number of nitrogens with zero attached hydrogens (tertiary/aromatic N) is 4. The molecule has 0 fully saturated rings. The second kappa shape index (κ2) is 6.08. The number of nitrogens with one attached hydrogen (secondary N) is 2. The van der Waals surface area contributed by atoms with Crippen molar-refractivity contribution in [1.82, 2.24) is 24.7 Å². The predicted octanol–water partition coefficient (Wildman–Crippen LogP) is 1.45. The molecule has 20 heavy (non-hydrogen) atoms. The standard InChI is InChI=1S/C12H18N6OS/c1-5-8-14-9(13-4)7(3)10(15-8)20-12-17-16-11(19)18(12)6-2/h5-6H2,1-4H3,(H,16,19)(H,13,14,15). The lowest BCUT2D eigenvalue weighted by atomic mass is 10.3. The molecule has 2 aromatic heterocycles. The Labute approximate surface area is 121 Å². The zero-order valence-electron chi connectivity index (χ0n) is 12.0. The smallest absolute Gasteiger partial charge is 0.343 e. The van der Waals surface area contributed by atoms with Gasteiger partial charge in [0, 0.05) is 25.6 Å². The summed E-state index contributed by atoms with van der Waals surface area (Å²) in [5.74, 6) is 1.57. The van der Waals surface area contributed by atoms with Gasteiger partial charge in [0.15, 0.2) is 5.16 Å². The summed E-state index contributed by atoms with van der Waals surface area (Å²) in [5, 5.41) is 11.0. The molecule has 0 spiro atoms. The number of anilines is 1. The molecule has 0 saturated carbocycles. The van der Waals surface area contributed by atoms with Crippen LogP contribution in [0.3, 0.4) is 0 Å². The van der Waals surface area contributed by atoms with Gasteiger partial charge >= 0.3 is 5.69 Å². The van der Waals surface area contributed by atoms with Gasteiger partial charge in [-0.1, -0.05) is 6.92 Å². The van der Waals surface area contributed by atoms with Crippen molar-refractivity contribution in [2.45, 2.75) is 43.9 Å². The van der Waals surface area contributed by atoms with Crippen LogP contribution in [0.2, 0.25) is 0 Å². The first-order chi connectivity index (χ1) is 9.60. The molecular formula is C12H18N6OS. The van der Waals surface area contributed by atoms with Gasteiger partial charge in [-0.3, -0.25) is 4.57 Å². The highest BCUT2D eigenvalue weighted by Crippen LogP contribution is 2.29. The fourth-order valence-corrected chi connectivity index (χ4v) is 2.77. The summed E-state index contributed by atoms with van der Waals surface area (Å²) < 4.78 is 1.58. The van der Waals surface area contributed by atoms with Crippen LogP contribution in [-0.4, -0.2) is 31.8 Å². The van der Waals surface area contributed by atoms with E-state index in [4.69, 9.17) is 0 Å². The number of aromatic nitrogens is 5. The van der Waals surface area contributed by atoms with E-state index in [2.05, 4.69) is 25.5 Å². The second-order valence-corrected chi connectivity index (χ2v) is 5.14. The van der Waals surface area contributed by atoms with E-state index in [1.54, 1.807) is 4.57 Å². The predicted molar refractivity (Wildman–Crippen MR) is 78.3 cm³/mol. The van der Waals surface area contributed by atoms with Crippen molar-refractivity contribution in [2.24, 2.45) is 0 Å². The molecule has 0 radical (unpaired) electrons. The Morgan fingerprint density at radius 2 is 2.10 bits per heavy atom. The van der Waals surface area contributed by atoms with Gasteiger partial charge in [0.05, 0.1) is 0 Å². The van der Waals surface area contributed by atoms with Crippen LogP contribution in [0.5, 0.6) is 0 Å². The summed E-state index contributed by atoms with van der Waals surface area (Å²) in [6.45, 7) is 6.44. The van der Waals surface area contributed by atoms with Crippen LogP contribution in [0.25, 0.3) is 0 Å². The number of aromatic amines is 1. The third-order valence-corrected chi connectivity index (χ3v) is 4.01. The molecule has 0 aliphatic rings. The minimum absolute atomic E-state index is 0.203. The summed E-state index contributed by atoms with van der Waals surface area (Å²) >= 11 is 1.37. The molecule has 0 saturated heterocycles. The van der Waals surface area contributed by atoms with Gasteiger partial charge in [0.2, 0.25) is 0 Å². The molecule has 0 aliphatic carbocycles. The Kier molecular flexibility index (Phi) is 4.43. The monoisotopic (exact) mass is 294 g/mol. The zero-order chi connectivity index (χ0) is 14.7. The first-order valence-electron chi connectivity index (χ1n) is 6.49. The Morgan fingerprint density at radius 3 is 2.70 bits per heavy atom. The van der Waals surface area contributed by atoms with E-state index in [-0.39, 0.29) is 5.69 Å². The molecule has 0 aliphatic heterocycles.